The van der Waals surface area contributed by atoms with Crippen molar-refractivity contribution in [3.05, 3.63) is 12.7 Å². The number of ketones is 2. The number of fused-ring (bicyclic) bond motifs is 2. The molecule has 2 bridgehead atoms. The Morgan fingerprint density at radius 1 is 1.38 bits per heavy atom. The summed E-state index contributed by atoms with van der Waals surface area (Å²) < 4.78 is 0. The van der Waals surface area contributed by atoms with Gasteiger partial charge in [0.2, 0.25) is 0 Å². The van der Waals surface area contributed by atoms with Crippen LogP contribution in [-0.2, 0) is 9.59 Å². The van der Waals surface area contributed by atoms with Crippen molar-refractivity contribution in [2.75, 3.05) is 0 Å². The molecule has 2 saturated carbocycles. The Balaban J connectivity index is 2.38. The molecule has 0 aromatic rings. The molecule has 0 amide bonds. The quantitative estimate of drug-likeness (QED) is 0.529. The van der Waals surface area contributed by atoms with Gasteiger partial charge in [0, 0.05) is 10.8 Å². The molecule has 2 nitrogen and oxygen atoms in total. The standard InChI is InChI=1S/C14H20O2/c1-4-7-13(2)9-14(3)8-5-6-10(11(13)15)12(14)16/h4,10H,1,5-9H2,2-3H3. The van der Waals surface area contributed by atoms with Crippen molar-refractivity contribution < 1.29 is 9.59 Å². The molecule has 2 aliphatic rings. The highest BCUT2D eigenvalue weighted by atomic mass is 16.2. The Labute approximate surface area is 97.1 Å². The molecule has 3 atom stereocenters. The van der Waals surface area contributed by atoms with Crippen LogP contribution in [0, 0.1) is 16.7 Å². The van der Waals surface area contributed by atoms with Gasteiger partial charge in [-0.1, -0.05) is 26.3 Å². The van der Waals surface area contributed by atoms with Crippen LogP contribution in [-0.4, -0.2) is 11.6 Å². The Hall–Kier alpha value is -0.920. The Bertz CT molecular complexity index is 358. The summed E-state index contributed by atoms with van der Waals surface area (Å²) >= 11 is 0. The fourth-order valence-corrected chi connectivity index (χ4v) is 3.66. The first kappa shape index (κ1) is 11.6. The van der Waals surface area contributed by atoms with E-state index in [2.05, 4.69) is 6.58 Å². The lowest BCUT2D eigenvalue weighted by Gasteiger charge is -2.48. The molecule has 88 valence electrons. The van der Waals surface area contributed by atoms with Crippen LogP contribution >= 0.6 is 0 Å². The van der Waals surface area contributed by atoms with Crippen LogP contribution in [0.15, 0.2) is 12.7 Å². The minimum absolute atomic E-state index is 0.162. The summed E-state index contributed by atoms with van der Waals surface area (Å²) in [5.74, 6) is 0.0392. The molecule has 0 heterocycles. The second-order valence-electron chi connectivity index (χ2n) is 5.96. The van der Waals surface area contributed by atoms with Crippen molar-refractivity contribution in [1.29, 1.82) is 0 Å². The summed E-state index contributed by atoms with van der Waals surface area (Å²) in [7, 11) is 0. The molecule has 16 heavy (non-hydrogen) atoms. The average molecular weight is 220 g/mol. The van der Waals surface area contributed by atoms with Crippen molar-refractivity contribution in [3.63, 3.8) is 0 Å². The molecule has 0 aliphatic heterocycles. The van der Waals surface area contributed by atoms with Crippen LogP contribution in [0.3, 0.4) is 0 Å². The third-order valence-electron chi connectivity index (χ3n) is 4.42. The Morgan fingerprint density at radius 2 is 2.06 bits per heavy atom. The van der Waals surface area contributed by atoms with Crippen LogP contribution in [0.1, 0.15) is 46.0 Å². The molecule has 0 N–H and O–H groups in total. The molecule has 0 spiro atoms. The number of hydrogen-bond donors (Lipinski definition) is 0. The highest BCUT2D eigenvalue weighted by Gasteiger charge is 2.56. The van der Waals surface area contributed by atoms with E-state index in [0.29, 0.717) is 12.8 Å². The van der Waals surface area contributed by atoms with Gasteiger partial charge in [-0.15, -0.1) is 6.58 Å². The van der Waals surface area contributed by atoms with Gasteiger partial charge in [0.1, 0.15) is 11.6 Å². The van der Waals surface area contributed by atoms with Gasteiger partial charge in [-0.3, -0.25) is 9.59 Å². The molecule has 0 aromatic heterocycles. The molecule has 0 radical (unpaired) electrons. The minimum atomic E-state index is -0.352. The summed E-state index contributed by atoms with van der Waals surface area (Å²) in [6.07, 6.45) is 5.95. The lowest BCUT2D eigenvalue weighted by molar-refractivity contribution is -0.156. The third kappa shape index (κ3) is 1.47. The summed E-state index contributed by atoms with van der Waals surface area (Å²) in [6, 6.07) is 0. The normalized spacial score (nSPS) is 43.2. The molecule has 2 rings (SSSR count). The fraction of sp³-hybridized carbons (Fsp3) is 0.714. The van der Waals surface area contributed by atoms with E-state index in [0.717, 1.165) is 19.3 Å². The highest BCUT2D eigenvalue weighted by Crippen LogP contribution is 2.52. The molecule has 2 heteroatoms. The van der Waals surface area contributed by atoms with Gasteiger partial charge in [-0.2, -0.15) is 0 Å². The van der Waals surface area contributed by atoms with Gasteiger partial charge >= 0.3 is 0 Å². The van der Waals surface area contributed by atoms with Gasteiger partial charge in [0.15, 0.2) is 0 Å². The van der Waals surface area contributed by atoms with Crippen LogP contribution < -0.4 is 0 Å². The topological polar surface area (TPSA) is 34.1 Å². The van der Waals surface area contributed by atoms with E-state index < -0.39 is 0 Å². The molecule has 0 saturated heterocycles. The lowest BCUT2D eigenvalue weighted by atomic mass is 9.53. The van der Waals surface area contributed by atoms with Crippen molar-refractivity contribution in [3.8, 4) is 0 Å². The predicted molar refractivity (Wildman–Crippen MR) is 63.0 cm³/mol. The number of allylic oxidation sites excluding steroid dienone is 1. The largest absolute Gasteiger partial charge is 0.298 e. The van der Waals surface area contributed by atoms with Crippen LogP contribution in [0.4, 0.5) is 0 Å². The van der Waals surface area contributed by atoms with Crippen LogP contribution in [0.5, 0.6) is 0 Å². The Morgan fingerprint density at radius 3 is 2.69 bits per heavy atom. The second kappa shape index (κ2) is 3.54. The zero-order valence-electron chi connectivity index (χ0n) is 10.2. The van der Waals surface area contributed by atoms with E-state index in [1.807, 2.05) is 19.9 Å². The van der Waals surface area contributed by atoms with Crippen LogP contribution in [0.25, 0.3) is 0 Å². The third-order valence-corrected chi connectivity index (χ3v) is 4.42. The van der Waals surface area contributed by atoms with E-state index >= 15 is 0 Å². The summed E-state index contributed by atoms with van der Waals surface area (Å²) in [5.41, 5.74) is -0.607. The van der Waals surface area contributed by atoms with E-state index in [-0.39, 0.29) is 28.3 Å². The lowest BCUT2D eigenvalue weighted by Crippen LogP contribution is -2.54. The predicted octanol–water partition coefficient (Wildman–Crippen LogP) is 2.92. The van der Waals surface area contributed by atoms with E-state index in [4.69, 9.17) is 0 Å². The van der Waals surface area contributed by atoms with Crippen molar-refractivity contribution in [2.45, 2.75) is 46.0 Å². The summed E-state index contributed by atoms with van der Waals surface area (Å²) in [5, 5.41) is 0. The number of rotatable bonds is 2. The monoisotopic (exact) mass is 220 g/mol. The van der Waals surface area contributed by atoms with Gasteiger partial charge in [-0.05, 0) is 25.7 Å². The van der Waals surface area contributed by atoms with E-state index in [1.165, 1.54) is 0 Å². The maximum absolute atomic E-state index is 12.3. The smallest absolute Gasteiger partial charge is 0.149 e. The highest BCUT2D eigenvalue weighted by molar-refractivity contribution is 6.09. The van der Waals surface area contributed by atoms with Gasteiger partial charge < -0.3 is 0 Å². The second-order valence-corrected chi connectivity index (χ2v) is 5.96. The van der Waals surface area contributed by atoms with Crippen molar-refractivity contribution in [2.24, 2.45) is 16.7 Å². The van der Waals surface area contributed by atoms with Crippen molar-refractivity contribution in [1.82, 2.24) is 0 Å². The molecule has 2 aliphatic carbocycles. The fourth-order valence-electron chi connectivity index (χ4n) is 3.66. The number of carbonyl (C=O) groups excluding carboxylic acids is 2. The SMILES string of the molecule is C=CCC1(C)CC2(C)CCCC(C1=O)C2=O. The first-order valence-electron chi connectivity index (χ1n) is 6.12. The zero-order chi connectivity index (χ0) is 12.0. The first-order valence-corrected chi connectivity index (χ1v) is 6.12. The van der Waals surface area contributed by atoms with E-state index in [9.17, 15) is 9.59 Å². The zero-order valence-corrected chi connectivity index (χ0v) is 10.2. The molecular weight excluding hydrogens is 200 g/mol. The maximum atomic E-state index is 12.3. The molecule has 2 fully saturated rings. The minimum Gasteiger partial charge on any atom is -0.298 e. The Kier molecular flexibility index (Phi) is 2.56. The summed E-state index contributed by atoms with van der Waals surface area (Å²) in [4.78, 5) is 24.5. The van der Waals surface area contributed by atoms with E-state index in [1.54, 1.807) is 0 Å². The number of carbonyl (C=O) groups is 2. The van der Waals surface area contributed by atoms with Gasteiger partial charge in [-0.25, -0.2) is 0 Å². The average Bonchev–Trinajstić information content (AvgIpc) is 2.20. The molecule has 3 unspecified atom stereocenters. The van der Waals surface area contributed by atoms with Crippen molar-refractivity contribution >= 4 is 11.6 Å². The molecular formula is C14H20O2. The van der Waals surface area contributed by atoms with Gasteiger partial charge in [0.05, 0.1) is 5.92 Å². The number of Topliss-reactive ketones (excluding diaryl/α,β-unsaturated/α-hetero) is 2. The summed E-state index contributed by atoms with van der Waals surface area (Å²) in [6.45, 7) is 7.77. The number of hydrogen-bond acceptors (Lipinski definition) is 2. The molecule has 0 aromatic carbocycles. The van der Waals surface area contributed by atoms with Crippen LogP contribution in [0.2, 0.25) is 0 Å². The first-order chi connectivity index (χ1) is 7.43. The maximum Gasteiger partial charge on any atom is 0.149 e. The van der Waals surface area contributed by atoms with Gasteiger partial charge in [0.25, 0.3) is 0 Å².